The number of aliphatic hydroxyl groups is 5. The molecule has 3 heterocycles. The number of cyclic esters (lactones) is 1. The number of rotatable bonds is 11. The number of nitrogens with one attached hydrogen (secondary N) is 1. The summed E-state index contributed by atoms with van der Waals surface area (Å²) in [7, 11) is 4.99. The van der Waals surface area contributed by atoms with E-state index in [0.29, 0.717) is 12.5 Å². The van der Waals surface area contributed by atoms with Crippen molar-refractivity contribution in [3.8, 4) is 0 Å². The molecule has 4 rings (SSSR count). The Balaban J connectivity index is 1.85. The molecule has 16 heteroatoms. The highest BCUT2D eigenvalue weighted by Gasteiger charge is 2.54. The first-order valence-electron chi connectivity index (χ1n) is 21.8. The van der Waals surface area contributed by atoms with Gasteiger partial charge in [-0.2, -0.15) is 0 Å². The Morgan fingerprint density at radius 2 is 1.58 bits per heavy atom. The summed E-state index contributed by atoms with van der Waals surface area (Å²) >= 11 is 0. The minimum Gasteiger partial charge on any atom is -0.459 e. The molecule has 59 heavy (non-hydrogen) atoms. The van der Waals surface area contributed by atoms with Gasteiger partial charge in [-0.05, 0) is 86.6 Å². The number of likely N-dealkylation sites (N-methyl/N-ethyl adjacent to an activating group) is 2. The maximum Gasteiger partial charge on any atom is 0.311 e. The molecule has 0 unspecified atom stereocenters. The number of carbonyl (C=O) groups is 2. The van der Waals surface area contributed by atoms with Crippen molar-refractivity contribution in [2.24, 2.45) is 23.7 Å². The lowest BCUT2D eigenvalue weighted by atomic mass is 9.73. The van der Waals surface area contributed by atoms with Gasteiger partial charge in [0.1, 0.15) is 30.5 Å². The first-order valence-corrected chi connectivity index (χ1v) is 21.8. The van der Waals surface area contributed by atoms with Gasteiger partial charge in [0.05, 0.1) is 53.7 Å². The largest absolute Gasteiger partial charge is 0.459 e. The fourth-order valence-corrected chi connectivity index (χ4v) is 10.1. The van der Waals surface area contributed by atoms with E-state index in [1.807, 2.05) is 20.9 Å². The Hall–Kier alpha value is -1.54. The molecule has 4 fully saturated rings. The van der Waals surface area contributed by atoms with Crippen LogP contribution in [0.25, 0.3) is 0 Å². The van der Waals surface area contributed by atoms with Gasteiger partial charge in [-0.3, -0.25) is 14.5 Å². The van der Waals surface area contributed by atoms with Gasteiger partial charge in [-0.25, -0.2) is 0 Å². The minimum atomic E-state index is -1.97. The van der Waals surface area contributed by atoms with Gasteiger partial charge in [-0.1, -0.05) is 34.1 Å². The topological polar surface area (TPSA) is 215 Å². The van der Waals surface area contributed by atoms with Crippen LogP contribution in [0.3, 0.4) is 0 Å². The normalized spacial score (nSPS) is 47.2. The molecule has 0 aromatic rings. The first-order chi connectivity index (χ1) is 27.4. The fourth-order valence-electron chi connectivity index (χ4n) is 10.1. The summed E-state index contributed by atoms with van der Waals surface area (Å²) in [6, 6.07) is 0.0417. The summed E-state index contributed by atoms with van der Waals surface area (Å²) in [6.07, 6.45) is -7.12. The van der Waals surface area contributed by atoms with Crippen molar-refractivity contribution in [3.63, 3.8) is 0 Å². The Morgan fingerprint density at radius 3 is 2.14 bits per heavy atom. The van der Waals surface area contributed by atoms with Gasteiger partial charge in [0.2, 0.25) is 5.91 Å². The molecule has 1 aliphatic carbocycles. The minimum absolute atomic E-state index is 0.0168. The van der Waals surface area contributed by atoms with E-state index in [2.05, 4.69) is 10.2 Å². The fraction of sp³-hybridized carbons (Fsp3) is 0.953. The van der Waals surface area contributed by atoms with Crippen LogP contribution in [0.15, 0.2) is 0 Å². The molecule has 19 atom stereocenters. The van der Waals surface area contributed by atoms with Gasteiger partial charge in [0.15, 0.2) is 12.6 Å². The summed E-state index contributed by atoms with van der Waals surface area (Å²) in [5.41, 5.74) is -4.79. The van der Waals surface area contributed by atoms with Crippen LogP contribution in [-0.2, 0) is 42.7 Å². The van der Waals surface area contributed by atoms with Crippen molar-refractivity contribution in [2.45, 2.75) is 211 Å². The molecule has 1 amide bonds. The van der Waals surface area contributed by atoms with E-state index in [1.54, 1.807) is 48.5 Å². The van der Waals surface area contributed by atoms with Crippen molar-refractivity contribution in [3.05, 3.63) is 0 Å². The molecule has 3 saturated heterocycles. The molecule has 0 radical (unpaired) electrons. The van der Waals surface area contributed by atoms with E-state index in [-0.39, 0.29) is 38.0 Å². The average Bonchev–Trinajstić information content (AvgIpc) is 3.15. The highest BCUT2D eigenvalue weighted by atomic mass is 16.7. The lowest BCUT2D eigenvalue weighted by molar-refractivity contribution is -0.319. The highest BCUT2D eigenvalue weighted by molar-refractivity contribution is 5.76. The smallest absolute Gasteiger partial charge is 0.311 e. The van der Waals surface area contributed by atoms with Gasteiger partial charge >= 0.3 is 5.97 Å². The Kier molecular flexibility index (Phi) is 17.3. The molecule has 344 valence electrons. The molecular formula is C43H78N2O14. The van der Waals surface area contributed by atoms with Gasteiger partial charge in [-0.15, -0.1) is 0 Å². The van der Waals surface area contributed by atoms with E-state index < -0.39 is 114 Å². The molecule has 0 bridgehead atoms. The third kappa shape index (κ3) is 11.2. The van der Waals surface area contributed by atoms with Crippen molar-refractivity contribution in [1.82, 2.24) is 10.2 Å². The lowest BCUT2D eigenvalue weighted by Crippen LogP contribution is -2.62. The van der Waals surface area contributed by atoms with E-state index in [4.69, 9.17) is 33.2 Å². The number of methoxy groups -OCH3 is 1. The third-order valence-corrected chi connectivity index (χ3v) is 14.2. The number of aliphatic hydroxyl groups excluding tert-OH is 3. The monoisotopic (exact) mass is 847 g/mol. The Bertz CT molecular complexity index is 1370. The molecule has 0 spiro atoms. The number of nitrogens with zero attached hydrogens (tertiary/aromatic N) is 1. The van der Waals surface area contributed by atoms with Crippen LogP contribution in [0, 0.1) is 23.7 Å². The van der Waals surface area contributed by atoms with Gasteiger partial charge in [0, 0.05) is 44.5 Å². The van der Waals surface area contributed by atoms with Crippen molar-refractivity contribution >= 4 is 11.9 Å². The zero-order chi connectivity index (χ0) is 44.4. The number of hydrogen-bond acceptors (Lipinski definition) is 15. The lowest BCUT2D eigenvalue weighted by Gasteiger charge is -2.50. The van der Waals surface area contributed by atoms with Crippen molar-refractivity contribution < 1.29 is 68.3 Å². The van der Waals surface area contributed by atoms with E-state index in [9.17, 15) is 35.1 Å². The van der Waals surface area contributed by atoms with Crippen LogP contribution >= 0.6 is 0 Å². The summed E-state index contributed by atoms with van der Waals surface area (Å²) in [6.45, 7) is 16.7. The second-order valence-corrected chi connectivity index (χ2v) is 19.0. The maximum atomic E-state index is 14.4. The van der Waals surface area contributed by atoms with Gasteiger partial charge < -0.3 is 64.0 Å². The van der Waals surface area contributed by atoms with Crippen LogP contribution in [-0.4, -0.2) is 167 Å². The predicted octanol–water partition coefficient (Wildman–Crippen LogP) is 2.27. The quantitative estimate of drug-likeness (QED) is 0.165. The first kappa shape index (κ1) is 50.1. The second kappa shape index (κ2) is 20.3. The van der Waals surface area contributed by atoms with Crippen molar-refractivity contribution in [1.29, 1.82) is 0 Å². The van der Waals surface area contributed by atoms with Crippen LogP contribution < -0.4 is 5.32 Å². The standard InChI is InChI=1S/C43H78N2O14/c1-14-30-43(10,52)36(48)24(4)34(54-21-31(46)44-11)22(2)19-41(8,51)38(59-40-33(47)29(18-23(3)55-40)45(12)28-16-15-17-28)25(5)35(26(6)39(50)57-30)58-32-20-42(9,53-13)37(49)27(7)56-32/h22-30,32-38,40,47-49,51-52H,14-21H2,1-13H3,(H,44,46)/t22-,23-,24+,25+,26-,27+,29+,30-,32+,33-,34+,35+,36-,37+,38-,40+,41-,42-,43-/m1/s1. The number of ether oxygens (including phenoxy) is 7. The summed E-state index contributed by atoms with van der Waals surface area (Å²) in [4.78, 5) is 29.1. The summed E-state index contributed by atoms with van der Waals surface area (Å²) < 4.78 is 44.1. The maximum absolute atomic E-state index is 14.4. The van der Waals surface area contributed by atoms with E-state index in [0.717, 1.165) is 19.3 Å². The van der Waals surface area contributed by atoms with E-state index in [1.165, 1.54) is 21.1 Å². The van der Waals surface area contributed by atoms with E-state index >= 15 is 0 Å². The zero-order valence-corrected chi connectivity index (χ0v) is 37.8. The zero-order valence-electron chi connectivity index (χ0n) is 37.8. The molecular weight excluding hydrogens is 768 g/mol. The van der Waals surface area contributed by atoms with Crippen molar-refractivity contribution in [2.75, 3.05) is 27.8 Å². The molecule has 6 N–H and O–H groups in total. The van der Waals surface area contributed by atoms with Crippen LogP contribution in [0.2, 0.25) is 0 Å². The predicted molar refractivity (Wildman–Crippen MR) is 217 cm³/mol. The van der Waals surface area contributed by atoms with Gasteiger partial charge in [0.25, 0.3) is 0 Å². The second-order valence-electron chi connectivity index (χ2n) is 19.0. The molecule has 0 aromatic carbocycles. The molecule has 3 aliphatic heterocycles. The number of esters is 1. The molecule has 1 saturated carbocycles. The number of hydrogen-bond donors (Lipinski definition) is 6. The Labute approximate surface area is 351 Å². The van der Waals surface area contributed by atoms with Crippen LogP contribution in [0.1, 0.15) is 114 Å². The SMILES string of the molecule is CC[C@H]1OC(=O)[C@H](C)[C@@H](O[C@H]2C[C@@](C)(OC)[C@@H](O)[C@H](C)O2)[C@H](C)[C@@H](O[C@@H]2O[C@H](C)C[C@H](N(C)C3CCC3)[C@H]2O)[C@](C)(O)C[C@@H](C)[C@H](OCC(=O)NC)[C@H](C)[C@@H](O)[C@]1(C)O. The van der Waals surface area contributed by atoms with Crippen LogP contribution in [0.5, 0.6) is 0 Å². The summed E-state index contributed by atoms with van der Waals surface area (Å²) in [5, 5.41) is 62.2. The molecule has 16 nitrogen and oxygen atoms in total. The highest BCUT2D eigenvalue weighted by Crippen LogP contribution is 2.42. The van der Waals surface area contributed by atoms with Crippen LogP contribution in [0.4, 0.5) is 0 Å². The molecule has 0 aromatic heterocycles. The average molecular weight is 847 g/mol. The Morgan fingerprint density at radius 1 is 0.932 bits per heavy atom. The number of carbonyl (C=O) groups excluding carboxylic acids is 2. The molecule has 4 aliphatic rings. The third-order valence-electron chi connectivity index (χ3n) is 14.2. The number of amides is 1. The summed E-state index contributed by atoms with van der Waals surface area (Å²) in [5.74, 6) is -4.46.